The minimum absolute atomic E-state index is 0.490. The van der Waals surface area contributed by atoms with Gasteiger partial charge in [-0.25, -0.2) is 0 Å². The van der Waals surface area contributed by atoms with Crippen molar-refractivity contribution in [3.8, 4) is 0 Å². The summed E-state index contributed by atoms with van der Waals surface area (Å²) in [5.41, 5.74) is 0. The summed E-state index contributed by atoms with van der Waals surface area (Å²) in [6, 6.07) is 0. The molecule has 1 aliphatic heterocycles. The molecule has 0 spiro atoms. The molecule has 2 atom stereocenters. The molecule has 1 fully saturated rings. The summed E-state index contributed by atoms with van der Waals surface area (Å²) in [4.78, 5) is 0. The molecular formula is C17H36NO+. The van der Waals surface area contributed by atoms with Gasteiger partial charge in [-0.1, -0.05) is 65.2 Å². The molecular weight excluding hydrogens is 234 g/mol. The van der Waals surface area contributed by atoms with Gasteiger partial charge < -0.3 is 9.22 Å². The van der Waals surface area contributed by atoms with Gasteiger partial charge in [-0.2, -0.15) is 0 Å². The molecule has 0 N–H and O–H groups in total. The Morgan fingerprint density at radius 1 is 0.789 bits per heavy atom. The smallest absolute Gasteiger partial charge is 0.220 e. The first-order valence-electron chi connectivity index (χ1n) is 8.60. The van der Waals surface area contributed by atoms with Crippen molar-refractivity contribution in [3.63, 3.8) is 0 Å². The minimum Gasteiger partial charge on any atom is -0.314 e. The Bertz CT molecular complexity index is 227. The van der Waals surface area contributed by atoms with E-state index in [0.29, 0.717) is 12.3 Å². The van der Waals surface area contributed by atoms with Gasteiger partial charge in [0.05, 0.1) is 20.6 Å². The highest BCUT2D eigenvalue weighted by Gasteiger charge is 2.50. The van der Waals surface area contributed by atoms with Crippen LogP contribution in [0, 0.1) is 0 Å². The molecule has 0 aromatic rings. The van der Waals surface area contributed by atoms with Crippen LogP contribution < -0.4 is 0 Å². The zero-order chi connectivity index (χ0) is 14.1. The molecule has 0 saturated carbocycles. The molecule has 0 aliphatic carbocycles. The summed E-state index contributed by atoms with van der Waals surface area (Å²) in [5.74, 6) is 0. The molecule has 2 unspecified atom stereocenters. The maximum absolute atomic E-state index is 5.87. The molecule has 2 heteroatoms. The van der Waals surface area contributed by atoms with Crippen molar-refractivity contribution in [3.05, 3.63) is 0 Å². The number of likely N-dealkylation sites (N-methyl/N-ethyl adjacent to an activating group) is 1. The van der Waals surface area contributed by atoms with E-state index in [1.165, 1.54) is 70.8 Å². The number of hydrogen-bond acceptors (Lipinski definition) is 1. The normalized spacial score (nSPS) is 22.7. The van der Waals surface area contributed by atoms with Gasteiger partial charge >= 0.3 is 0 Å². The van der Waals surface area contributed by atoms with Crippen molar-refractivity contribution in [1.29, 1.82) is 0 Å². The summed E-state index contributed by atoms with van der Waals surface area (Å²) >= 11 is 0. The third-order valence-corrected chi connectivity index (χ3v) is 4.39. The van der Waals surface area contributed by atoms with Gasteiger partial charge in [-0.05, 0) is 12.8 Å². The lowest BCUT2D eigenvalue weighted by molar-refractivity contribution is -0.911. The third kappa shape index (κ3) is 6.76. The van der Waals surface area contributed by atoms with Crippen molar-refractivity contribution in [1.82, 2.24) is 0 Å². The van der Waals surface area contributed by atoms with Crippen LogP contribution in [0.1, 0.15) is 78.1 Å². The van der Waals surface area contributed by atoms with Gasteiger partial charge in [-0.3, -0.25) is 0 Å². The second-order valence-electron chi connectivity index (χ2n) is 6.83. The zero-order valence-corrected chi connectivity index (χ0v) is 13.8. The summed E-state index contributed by atoms with van der Waals surface area (Å²) in [6.45, 7) is 5.78. The van der Waals surface area contributed by atoms with Gasteiger partial charge in [0.15, 0.2) is 0 Å². The molecule has 19 heavy (non-hydrogen) atoms. The number of rotatable bonds is 12. The van der Waals surface area contributed by atoms with Crippen LogP contribution in [0.2, 0.25) is 0 Å². The first kappa shape index (κ1) is 17.0. The lowest BCUT2D eigenvalue weighted by Crippen LogP contribution is -2.44. The highest BCUT2D eigenvalue weighted by Crippen LogP contribution is 2.33. The highest BCUT2D eigenvalue weighted by molar-refractivity contribution is 4.77. The van der Waals surface area contributed by atoms with Gasteiger partial charge in [0.1, 0.15) is 6.10 Å². The van der Waals surface area contributed by atoms with E-state index in [2.05, 4.69) is 27.9 Å². The zero-order valence-electron chi connectivity index (χ0n) is 13.8. The quantitative estimate of drug-likeness (QED) is 0.284. The molecule has 1 rings (SSSR count). The average molecular weight is 270 g/mol. The Labute approximate surface area is 121 Å². The average Bonchev–Trinajstić information content (AvgIpc) is 3.13. The largest absolute Gasteiger partial charge is 0.314 e. The van der Waals surface area contributed by atoms with Crippen molar-refractivity contribution in [2.45, 2.75) is 90.4 Å². The number of hydrogen-bond donors (Lipinski definition) is 0. The van der Waals surface area contributed by atoms with Crippen LogP contribution >= 0.6 is 0 Å². The fourth-order valence-corrected chi connectivity index (χ4v) is 3.14. The van der Waals surface area contributed by atoms with Crippen LogP contribution in [0.25, 0.3) is 0 Å². The lowest BCUT2D eigenvalue weighted by Gasteiger charge is -2.27. The molecule has 1 aliphatic rings. The highest BCUT2D eigenvalue weighted by atomic mass is 16.6. The van der Waals surface area contributed by atoms with Crippen LogP contribution in [0.5, 0.6) is 0 Å². The van der Waals surface area contributed by atoms with Crippen LogP contribution in [0.3, 0.4) is 0 Å². The van der Waals surface area contributed by atoms with Crippen LogP contribution in [-0.2, 0) is 4.74 Å². The maximum atomic E-state index is 5.87. The van der Waals surface area contributed by atoms with E-state index in [1.807, 2.05) is 0 Å². The van der Waals surface area contributed by atoms with E-state index in [4.69, 9.17) is 4.74 Å². The SMILES string of the molecule is CCCCCCCCCCC1OC1[N+](C)(C)CCC. The Morgan fingerprint density at radius 3 is 1.95 bits per heavy atom. The number of epoxide rings is 1. The standard InChI is InChI=1S/C17H36NO/c1-5-7-8-9-10-11-12-13-14-16-17(19-16)18(3,4)15-6-2/h16-17H,5-15H2,1-4H3/q+1. The number of unbranched alkanes of at least 4 members (excludes halogenated alkanes) is 7. The molecule has 0 aromatic heterocycles. The summed E-state index contributed by atoms with van der Waals surface area (Å²) < 4.78 is 6.92. The van der Waals surface area contributed by atoms with Crippen LogP contribution in [-0.4, -0.2) is 37.5 Å². The third-order valence-electron chi connectivity index (χ3n) is 4.39. The molecule has 0 bridgehead atoms. The topological polar surface area (TPSA) is 12.5 Å². The molecule has 0 radical (unpaired) electrons. The van der Waals surface area contributed by atoms with Crippen LogP contribution in [0.15, 0.2) is 0 Å². The predicted molar refractivity (Wildman–Crippen MR) is 83.2 cm³/mol. The minimum atomic E-state index is 0.490. The lowest BCUT2D eigenvalue weighted by atomic mass is 10.1. The Balaban J connectivity index is 1.92. The van der Waals surface area contributed by atoms with Crippen molar-refractivity contribution in [2.24, 2.45) is 0 Å². The number of ether oxygens (including phenoxy) is 1. The molecule has 1 saturated heterocycles. The fourth-order valence-electron chi connectivity index (χ4n) is 3.14. The Hall–Kier alpha value is -0.0800. The van der Waals surface area contributed by atoms with E-state index in [-0.39, 0.29) is 0 Å². The molecule has 1 heterocycles. The van der Waals surface area contributed by atoms with Crippen molar-refractivity contribution < 1.29 is 9.22 Å². The summed E-state index contributed by atoms with van der Waals surface area (Å²) in [5, 5.41) is 0. The van der Waals surface area contributed by atoms with E-state index in [0.717, 1.165) is 4.48 Å². The second-order valence-corrected chi connectivity index (χ2v) is 6.83. The van der Waals surface area contributed by atoms with E-state index >= 15 is 0 Å². The van der Waals surface area contributed by atoms with Crippen LogP contribution in [0.4, 0.5) is 0 Å². The predicted octanol–water partition coefficient (Wildman–Crippen LogP) is 4.73. The van der Waals surface area contributed by atoms with Gasteiger partial charge in [-0.15, -0.1) is 0 Å². The van der Waals surface area contributed by atoms with Crippen molar-refractivity contribution >= 4 is 0 Å². The first-order chi connectivity index (χ1) is 9.11. The van der Waals surface area contributed by atoms with Gasteiger partial charge in [0.2, 0.25) is 6.23 Å². The van der Waals surface area contributed by atoms with E-state index in [9.17, 15) is 0 Å². The Morgan fingerprint density at radius 2 is 1.37 bits per heavy atom. The monoisotopic (exact) mass is 270 g/mol. The fraction of sp³-hybridized carbons (Fsp3) is 1.00. The molecule has 114 valence electrons. The second kappa shape index (κ2) is 8.97. The molecule has 0 aromatic carbocycles. The van der Waals surface area contributed by atoms with Crippen molar-refractivity contribution in [2.75, 3.05) is 20.6 Å². The first-order valence-corrected chi connectivity index (χ1v) is 8.60. The number of quaternary nitrogens is 1. The van der Waals surface area contributed by atoms with E-state index in [1.54, 1.807) is 0 Å². The Kier molecular flexibility index (Phi) is 8.01. The summed E-state index contributed by atoms with van der Waals surface area (Å²) in [7, 11) is 4.61. The van der Waals surface area contributed by atoms with Gasteiger partial charge in [0, 0.05) is 0 Å². The number of nitrogens with zero attached hydrogens (tertiary/aromatic N) is 1. The molecule has 2 nitrogen and oxygen atoms in total. The summed E-state index contributed by atoms with van der Waals surface area (Å²) in [6.07, 6.45) is 14.9. The van der Waals surface area contributed by atoms with Gasteiger partial charge in [0.25, 0.3) is 0 Å². The maximum Gasteiger partial charge on any atom is 0.220 e. The van der Waals surface area contributed by atoms with E-state index < -0.39 is 0 Å². The molecule has 0 amide bonds.